The van der Waals surface area contributed by atoms with Gasteiger partial charge in [-0.05, 0) is 38.0 Å². The molecule has 0 radical (unpaired) electrons. The zero-order valence-electron chi connectivity index (χ0n) is 14.6. The van der Waals surface area contributed by atoms with Gasteiger partial charge < -0.3 is 10.1 Å². The minimum Gasteiger partial charge on any atom is -0.491 e. The van der Waals surface area contributed by atoms with Crippen LogP contribution < -0.4 is 10.1 Å². The highest BCUT2D eigenvalue weighted by atomic mass is 32.2. The lowest BCUT2D eigenvalue weighted by Crippen LogP contribution is -2.29. The van der Waals surface area contributed by atoms with Crippen LogP contribution in [0.25, 0.3) is 0 Å². The van der Waals surface area contributed by atoms with Crippen LogP contribution in [0.2, 0.25) is 0 Å². The average Bonchev–Trinajstić information content (AvgIpc) is 2.52. The molecule has 0 bridgehead atoms. The van der Waals surface area contributed by atoms with E-state index < -0.39 is 0 Å². The fourth-order valence-electron chi connectivity index (χ4n) is 2.53. The number of thioether (sulfide) groups is 1. The SMILES string of the molecule is Cc1cc(C)cc(CSCC(=O)NCCOc2ccccc2C)c1. The fraction of sp³-hybridized carbons (Fsp3) is 0.350. The van der Waals surface area contributed by atoms with Crippen molar-refractivity contribution in [1.82, 2.24) is 5.32 Å². The van der Waals surface area contributed by atoms with Gasteiger partial charge in [0.05, 0.1) is 12.3 Å². The van der Waals surface area contributed by atoms with Gasteiger partial charge in [-0.1, -0.05) is 47.5 Å². The first-order valence-electron chi connectivity index (χ1n) is 8.14. The number of nitrogens with one attached hydrogen (secondary N) is 1. The Hall–Kier alpha value is -1.94. The summed E-state index contributed by atoms with van der Waals surface area (Å²) < 4.78 is 5.67. The van der Waals surface area contributed by atoms with Crippen LogP contribution in [0.3, 0.4) is 0 Å². The van der Waals surface area contributed by atoms with Crippen molar-refractivity contribution < 1.29 is 9.53 Å². The number of rotatable bonds is 8. The molecule has 0 fully saturated rings. The van der Waals surface area contributed by atoms with Gasteiger partial charge in [-0.3, -0.25) is 4.79 Å². The number of benzene rings is 2. The molecule has 0 unspecified atom stereocenters. The molecule has 0 aliphatic heterocycles. The van der Waals surface area contributed by atoms with Crippen molar-refractivity contribution >= 4 is 17.7 Å². The maximum Gasteiger partial charge on any atom is 0.230 e. The number of carbonyl (C=O) groups excluding carboxylic acids is 1. The van der Waals surface area contributed by atoms with E-state index in [1.807, 2.05) is 31.2 Å². The third kappa shape index (κ3) is 6.28. The topological polar surface area (TPSA) is 38.3 Å². The number of ether oxygens (including phenoxy) is 1. The molecule has 0 saturated heterocycles. The molecule has 0 atom stereocenters. The van der Waals surface area contributed by atoms with Crippen molar-refractivity contribution in [2.75, 3.05) is 18.9 Å². The Kier molecular flexibility index (Phi) is 7.19. The smallest absolute Gasteiger partial charge is 0.230 e. The van der Waals surface area contributed by atoms with Crippen LogP contribution in [-0.2, 0) is 10.5 Å². The van der Waals surface area contributed by atoms with E-state index in [9.17, 15) is 4.79 Å². The van der Waals surface area contributed by atoms with Crippen molar-refractivity contribution in [3.05, 3.63) is 64.7 Å². The maximum absolute atomic E-state index is 11.9. The minimum atomic E-state index is 0.0535. The molecule has 2 rings (SSSR count). The summed E-state index contributed by atoms with van der Waals surface area (Å²) in [6.45, 7) is 7.22. The van der Waals surface area contributed by atoms with Crippen molar-refractivity contribution in [3.63, 3.8) is 0 Å². The van der Waals surface area contributed by atoms with E-state index >= 15 is 0 Å². The summed E-state index contributed by atoms with van der Waals surface area (Å²) in [6.07, 6.45) is 0. The Morgan fingerprint density at radius 1 is 1.08 bits per heavy atom. The lowest BCUT2D eigenvalue weighted by molar-refractivity contribution is -0.118. The summed E-state index contributed by atoms with van der Waals surface area (Å²) in [6, 6.07) is 14.4. The minimum absolute atomic E-state index is 0.0535. The van der Waals surface area contributed by atoms with E-state index in [1.54, 1.807) is 11.8 Å². The van der Waals surface area contributed by atoms with Gasteiger partial charge in [0, 0.05) is 5.75 Å². The number of hydrogen-bond donors (Lipinski definition) is 1. The van der Waals surface area contributed by atoms with Crippen molar-refractivity contribution in [2.24, 2.45) is 0 Å². The summed E-state index contributed by atoms with van der Waals surface area (Å²) >= 11 is 1.64. The van der Waals surface area contributed by atoms with E-state index in [-0.39, 0.29) is 5.91 Å². The Bertz CT molecular complexity index is 665. The van der Waals surface area contributed by atoms with Gasteiger partial charge in [-0.15, -0.1) is 11.8 Å². The van der Waals surface area contributed by atoms with Crippen LogP contribution in [0.4, 0.5) is 0 Å². The standard InChI is InChI=1S/C20H25NO2S/c1-15-10-16(2)12-18(11-15)13-24-14-20(22)21-8-9-23-19-7-5-4-6-17(19)3/h4-7,10-12H,8-9,13-14H2,1-3H3,(H,21,22). The van der Waals surface area contributed by atoms with E-state index in [4.69, 9.17) is 4.74 Å². The van der Waals surface area contributed by atoms with Crippen molar-refractivity contribution in [1.29, 1.82) is 0 Å². The first kappa shape index (κ1) is 18.4. The molecule has 0 saturated carbocycles. The molecule has 2 aromatic carbocycles. The zero-order valence-corrected chi connectivity index (χ0v) is 15.4. The molecule has 0 heterocycles. The molecule has 2 aromatic rings. The van der Waals surface area contributed by atoms with E-state index in [2.05, 4.69) is 37.4 Å². The molecule has 0 aliphatic carbocycles. The van der Waals surface area contributed by atoms with E-state index in [0.717, 1.165) is 17.1 Å². The molecule has 128 valence electrons. The summed E-state index contributed by atoms with van der Waals surface area (Å²) in [5.41, 5.74) is 4.91. The number of aryl methyl sites for hydroxylation is 3. The van der Waals surface area contributed by atoms with E-state index in [1.165, 1.54) is 16.7 Å². The van der Waals surface area contributed by atoms with Gasteiger partial charge in [0.1, 0.15) is 12.4 Å². The highest BCUT2D eigenvalue weighted by Gasteiger charge is 2.03. The zero-order chi connectivity index (χ0) is 17.4. The van der Waals surface area contributed by atoms with Crippen LogP contribution in [0.15, 0.2) is 42.5 Å². The number of carbonyl (C=O) groups is 1. The molecule has 1 N–H and O–H groups in total. The van der Waals surface area contributed by atoms with Gasteiger partial charge in [0.2, 0.25) is 5.91 Å². The molecule has 0 aliphatic rings. The largest absolute Gasteiger partial charge is 0.491 e. The van der Waals surface area contributed by atoms with Gasteiger partial charge in [-0.2, -0.15) is 0 Å². The predicted molar refractivity (Wildman–Crippen MR) is 102 cm³/mol. The van der Waals surface area contributed by atoms with Gasteiger partial charge in [0.25, 0.3) is 0 Å². The molecule has 1 amide bonds. The predicted octanol–water partition coefficient (Wildman–Crippen LogP) is 4.04. The van der Waals surface area contributed by atoms with Gasteiger partial charge in [0.15, 0.2) is 0 Å². The first-order valence-corrected chi connectivity index (χ1v) is 9.30. The van der Waals surface area contributed by atoms with E-state index in [0.29, 0.717) is 18.9 Å². The number of amides is 1. The molecule has 0 aromatic heterocycles. The third-order valence-electron chi connectivity index (χ3n) is 3.56. The average molecular weight is 343 g/mol. The van der Waals surface area contributed by atoms with Crippen LogP contribution >= 0.6 is 11.8 Å². The van der Waals surface area contributed by atoms with Crippen LogP contribution in [0, 0.1) is 20.8 Å². The summed E-state index contributed by atoms with van der Waals surface area (Å²) in [5, 5.41) is 2.90. The Morgan fingerprint density at radius 2 is 1.79 bits per heavy atom. The molecule has 3 nitrogen and oxygen atoms in total. The monoisotopic (exact) mass is 343 g/mol. The highest BCUT2D eigenvalue weighted by Crippen LogP contribution is 2.16. The van der Waals surface area contributed by atoms with Gasteiger partial charge in [-0.25, -0.2) is 0 Å². The lowest BCUT2D eigenvalue weighted by Gasteiger charge is -2.10. The second kappa shape index (κ2) is 9.38. The Labute approximate surface area is 148 Å². The van der Waals surface area contributed by atoms with Crippen LogP contribution in [0.5, 0.6) is 5.75 Å². The third-order valence-corrected chi connectivity index (χ3v) is 4.56. The number of para-hydroxylation sites is 1. The van der Waals surface area contributed by atoms with Crippen LogP contribution in [0.1, 0.15) is 22.3 Å². The lowest BCUT2D eigenvalue weighted by atomic mass is 10.1. The second-order valence-corrected chi connectivity index (χ2v) is 6.94. The molecule has 0 spiro atoms. The maximum atomic E-state index is 11.9. The van der Waals surface area contributed by atoms with Crippen molar-refractivity contribution in [3.8, 4) is 5.75 Å². The normalized spacial score (nSPS) is 10.5. The molecular formula is C20H25NO2S. The second-order valence-electron chi connectivity index (χ2n) is 5.95. The van der Waals surface area contributed by atoms with Crippen molar-refractivity contribution in [2.45, 2.75) is 26.5 Å². The first-order chi connectivity index (χ1) is 11.5. The summed E-state index contributed by atoms with van der Waals surface area (Å²) in [4.78, 5) is 11.9. The Balaban J connectivity index is 1.62. The number of hydrogen-bond acceptors (Lipinski definition) is 3. The van der Waals surface area contributed by atoms with Gasteiger partial charge >= 0.3 is 0 Å². The Morgan fingerprint density at radius 3 is 2.50 bits per heavy atom. The fourth-order valence-corrected chi connectivity index (χ4v) is 3.33. The highest BCUT2D eigenvalue weighted by molar-refractivity contribution is 7.99. The molecule has 4 heteroatoms. The molecule has 24 heavy (non-hydrogen) atoms. The summed E-state index contributed by atoms with van der Waals surface area (Å²) in [5.74, 6) is 2.25. The van der Waals surface area contributed by atoms with Crippen LogP contribution in [-0.4, -0.2) is 24.8 Å². The summed E-state index contributed by atoms with van der Waals surface area (Å²) in [7, 11) is 0. The quantitative estimate of drug-likeness (QED) is 0.735. The molecular weight excluding hydrogens is 318 g/mol.